The minimum absolute atomic E-state index is 0.105. The second-order valence-corrected chi connectivity index (χ2v) is 6.62. The predicted octanol–water partition coefficient (Wildman–Crippen LogP) is 3.43. The van der Waals surface area contributed by atoms with Crippen molar-refractivity contribution in [3.63, 3.8) is 0 Å². The van der Waals surface area contributed by atoms with Crippen molar-refractivity contribution in [2.45, 2.75) is 20.0 Å². The smallest absolute Gasteiger partial charge is 0.358 e. The first-order valence-corrected chi connectivity index (χ1v) is 8.64. The number of nitrogens with zero attached hydrogens (tertiary/aromatic N) is 5. The molecule has 1 aromatic carbocycles. The van der Waals surface area contributed by atoms with Crippen LogP contribution in [0.1, 0.15) is 11.3 Å². The maximum absolute atomic E-state index is 13.3. The first-order chi connectivity index (χ1) is 13.2. The molecule has 9 nitrogen and oxygen atoms in total. The van der Waals surface area contributed by atoms with Crippen molar-refractivity contribution < 1.29 is 14.1 Å². The van der Waals surface area contributed by atoms with Gasteiger partial charge in [0.15, 0.2) is 10.8 Å². The molecule has 146 valence electrons. The second kappa shape index (κ2) is 7.95. The lowest BCUT2D eigenvalue weighted by atomic mass is 10.2. The summed E-state index contributed by atoms with van der Waals surface area (Å²) in [6, 6.07) is 6.01. The molecule has 3 rings (SSSR count). The van der Waals surface area contributed by atoms with Crippen LogP contribution >= 0.6 is 23.2 Å². The van der Waals surface area contributed by atoms with Crippen LogP contribution in [-0.4, -0.2) is 30.4 Å². The van der Waals surface area contributed by atoms with Crippen molar-refractivity contribution in [1.82, 2.24) is 19.6 Å². The summed E-state index contributed by atoms with van der Waals surface area (Å²) in [5.74, 6) is -1.33. The van der Waals surface area contributed by atoms with E-state index in [4.69, 9.17) is 23.2 Å². The number of nitrogens with one attached hydrogen (secondary N) is 1. The van der Waals surface area contributed by atoms with Crippen molar-refractivity contribution in [3.8, 4) is 0 Å². The Morgan fingerprint density at radius 3 is 2.75 bits per heavy atom. The molecule has 0 aliphatic heterocycles. The fourth-order valence-corrected chi connectivity index (χ4v) is 2.87. The predicted molar refractivity (Wildman–Crippen MR) is 100.0 cm³/mol. The molecular weight excluding hydrogens is 414 g/mol. The summed E-state index contributed by atoms with van der Waals surface area (Å²) in [4.78, 5) is 22.4. The lowest BCUT2D eigenvalue weighted by molar-refractivity contribution is -0.389. The van der Waals surface area contributed by atoms with Gasteiger partial charge in [0.1, 0.15) is 17.4 Å². The highest BCUT2D eigenvalue weighted by Gasteiger charge is 2.25. The van der Waals surface area contributed by atoms with Gasteiger partial charge in [-0.05, 0) is 29.5 Å². The Labute approximate surface area is 167 Å². The molecule has 12 heteroatoms. The van der Waals surface area contributed by atoms with E-state index in [1.807, 2.05) is 0 Å². The molecular formula is C16H13Cl2FN6O3. The Morgan fingerprint density at radius 1 is 1.36 bits per heavy atom. The lowest BCUT2D eigenvalue weighted by Gasteiger charge is -2.03. The van der Waals surface area contributed by atoms with Crippen LogP contribution in [0, 0.1) is 22.9 Å². The molecule has 28 heavy (non-hydrogen) atoms. The third kappa shape index (κ3) is 4.29. The zero-order chi connectivity index (χ0) is 20.4. The van der Waals surface area contributed by atoms with Crippen LogP contribution in [-0.2, 0) is 17.9 Å². The summed E-state index contributed by atoms with van der Waals surface area (Å²) in [7, 11) is 0. The van der Waals surface area contributed by atoms with Gasteiger partial charge in [-0.25, -0.2) is 4.39 Å². The highest BCUT2D eigenvalue weighted by Crippen LogP contribution is 2.26. The van der Waals surface area contributed by atoms with Gasteiger partial charge in [0, 0.05) is 6.20 Å². The van der Waals surface area contributed by atoms with E-state index in [0.717, 1.165) is 4.68 Å². The van der Waals surface area contributed by atoms with Crippen molar-refractivity contribution in [2.75, 3.05) is 5.32 Å². The molecule has 2 heterocycles. The zero-order valence-electron chi connectivity index (χ0n) is 14.4. The normalized spacial score (nSPS) is 10.9. The molecule has 0 aliphatic carbocycles. The largest absolute Gasteiger partial charge is 0.408 e. The van der Waals surface area contributed by atoms with Crippen molar-refractivity contribution in [1.29, 1.82) is 0 Å². The van der Waals surface area contributed by atoms with Gasteiger partial charge in [0.05, 0.1) is 17.3 Å². The molecule has 0 bridgehead atoms. The summed E-state index contributed by atoms with van der Waals surface area (Å²) in [5, 5.41) is 21.3. The van der Waals surface area contributed by atoms with Gasteiger partial charge in [-0.2, -0.15) is 9.78 Å². The molecule has 1 N–H and O–H groups in total. The van der Waals surface area contributed by atoms with Crippen LogP contribution in [0.15, 0.2) is 30.5 Å². The van der Waals surface area contributed by atoms with E-state index < -0.39 is 16.6 Å². The maximum atomic E-state index is 13.3. The summed E-state index contributed by atoms with van der Waals surface area (Å²) in [6.45, 7) is 1.45. The van der Waals surface area contributed by atoms with Crippen LogP contribution in [0.3, 0.4) is 0 Å². The van der Waals surface area contributed by atoms with Crippen LogP contribution < -0.4 is 5.32 Å². The molecule has 0 radical (unpaired) electrons. The third-order valence-electron chi connectivity index (χ3n) is 3.79. The lowest BCUT2D eigenvalue weighted by Crippen LogP contribution is -2.21. The molecule has 3 aromatic rings. The van der Waals surface area contributed by atoms with Gasteiger partial charge in [0.25, 0.3) is 0 Å². The number of nitro groups is 1. The van der Waals surface area contributed by atoms with Crippen LogP contribution in [0.2, 0.25) is 10.0 Å². The Hall–Kier alpha value is -2.98. The highest BCUT2D eigenvalue weighted by molar-refractivity contribution is 6.33. The Morgan fingerprint density at radius 2 is 2.11 bits per heavy atom. The number of amides is 1. The molecule has 1 amide bonds. The van der Waals surface area contributed by atoms with Crippen LogP contribution in [0.5, 0.6) is 0 Å². The highest BCUT2D eigenvalue weighted by atomic mass is 35.5. The monoisotopic (exact) mass is 426 g/mol. The first kappa shape index (κ1) is 19.8. The average Bonchev–Trinajstić information content (AvgIpc) is 3.09. The number of carbonyl (C=O) groups excluding carboxylic acids is 1. The molecule has 2 aromatic heterocycles. The van der Waals surface area contributed by atoms with E-state index in [-0.39, 0.29) is 40.5 Å². The van der Waals surface area contributed by atoms with E-state index in [1.165, 1.54) is 29.9 Å². The van der Waals surface area contributed by atoms with Gasteiger partial charge in [-0.1, -0.05) is 35.3 Å². The standard InChI is InChI=1S/C16H13Cl2FN6O3/c1-9-14(18)16(25(27)28)22-24(9)8-13(26)20-15-12(17)7-23(21-15)6-10-3-2-4-11(19)5-10/h2-5,7H,6,8H2,1H3,(H,20,21,26). The van der Waals surface area contributed by atoms with Gasteiger partial charge < -0.3 is 15.4 Å². The Kier molecular flexibility index (Phi) is 5.61. The van der Waals surface area contributed by atoms with Gasteiger partial charge in [0.2, 0.25) is 5.91 Å². The Bertz CT molecular complexity index is 1060. The topological polar surface area (TPSA) is 108 Å². The van der Waals surface area contributed by atoms with Crippen LogP contribution in [0.25, 0.3) is 0 Å². The van der Waals surface area contributed by atoms with E-state index in [9.17, 15) is 19.3 Å². The number of carbonyl (C=O) groups is 1. The molecule has 0 aliphatic rings. The SMILES string of the molecule is Cc1c(Cl)c([N+](=O)[O-])nn1CC(=O)Nc1nn(Cc2cccc(F)c2)cc1Cl. The maximum Gasteiger partial charge on any atom is 0.408 e. The Balaban J connectivity index is 1.70. The van der Waals surface area contributed by atoms with E-state index in [2.05, 4.69) is 15.5 Å². The molecule has 0 spiro atoms. The third-order valence-corrected chi connectivity index (χ3v) is 4.51. The number of benzene rings is 1. The van der Waals surface area contributed by atoms with Gasteiger partial charge in [-0.3, -0.25) is 9.48 Å². The molecule has 0 saturated carbocycles. The first-order valence-electron chi connectivity index (χ1n) is 7.89. The minimum Gasteiger partial charge on any atom is -0.358 e. The number of rotatable bonds is 6. The van der Waals surface area contributed by atoms with Crippen LogP contribution in [0.4, 0.5) is 16.0 Å². The van der Waals surface area contributed by atoms with Crippen molar-refractivity contribution in [3.05, 3.63) is 67.7 Å². The molecule has 0 saturated heterocycles. The number of hydrogen-bond acceptors (Lipinski definition) is 5. The van der Waals surface area contributed by atoms with E-state index in [0.29, 0.717) is 5.56 Å². The summed E-state index contributed by atoms with van der Waals surface area (Å²) in [6.07, 6.45) is 1.49. The van der Waals surface area contributed by atoms with Gasteiger partial charge >= 0.3 is 5.82 Å². The number of halogens is 3. The minimum atomic E-state index is -0.727. The van der Waals surface area contributed by atoms with Gasteiger partial charge in [-0.15, -0.1) is 0 Å². The number of hydrogen-bond donors (Lipinski definition) is 1. The molecule has 0 fully saturated rings. The zero-order valence-corrected chi connectivity index (χ0v) is 15.9. The van der Waals surface area contributed by atoms with Crippen molar-refractivity contribution >= 4 is 40.7 Å². The second-order valence-electron chi connectivity index (χ2n) is 5.84. The van der Waals surface area contributed by atoms with Crippen molar-refractivity contribution in [2.24, 2.45) is 0 Å². The number of anilines is 1. The quantitative estimate of drug-likeness (QED) is 0.479. The summed E-state index contributed by atoms with van der Waals surface area (Å²) < 4.78 is 15.8. The summed E-state index contributed by atoms with van der Waals surface area (Å²) in [5.41, 5.74) is 0.956. The van der Waals surface area contributed by atoms with E-state index >= 15 is 0 Å². The van der Waals surface area contributed by atoms with E-state index in [1.54, 1.807) is 12.1 Å². The molecule has 0 unspecified atom stereocenters. The average molecular weight is 427 g/mol. The number of aromatic nitrogens is 4. The fourth-order valence-electron chi connectivity index (χ4n) is 2.47. The summed E-state index contributed by atoms with van der Waals surface area (Å²) >= 11 is 11.9. The molecule has 0 atom stereocenters. The fraction of sp³-hybridized carbons (Fsp3) is 0.188.